The molecule has 204 valence electrons. The quantitative estimate of drug-likeness (QED) is 0.290. The topological polar surface area (TPSA) is 108 Å². The lowest BCUT2D eigenvalue weighted by Crippen LogP contribution is -2.43. The molecule has 0 radical (unpaired) electrons. The van der Waals surface area contributed by atoms with Crippen LogP contribution in [0.1, 0.15) is 6.92 Å². The molecular formula is C26H30Cl2N4O6. The summed E-state index contributed by atoms with van der Waals surface area (Å²) in [5.41, 5.74) is 2.51. The second-order valence-electron chi connectivity index (χ2n) is 8.46. The van der Waals surface area contributed by atoms with E-state index in [0.29, 0.717) is 42.6 Å². The molecule has 0 bridgehead atoms. The number of aromatic nitrogens is 2. The van der Waals surface area contributed by atoms with Gasteiger partial charge in [0.2, 0.25) is 0 Å². The van der Waals surface area contributed by atoms with Crippen molar-refractivity contribution in [2.75, 3.05) is 51.9 Å². The van der Waals surface area contributed by atoms with Crippen LogP contribution < -0.4 is 14.8 Å². The van der Waals surface area contributed by atoms with Crippen molar-refractivity contribution in [2.24, 2.45) is 0 Å². The first-order valence-corrected chi connectivity index (χ1v) is 11.8. The maximum atomic E-state index is 11.7. The van der Waals surface area contributed by atoms with Crippen LogP contribution in [0.4, 0.5) is 11.5 Å². The SMILES string of the molecule is COc1cc2c(Nc3ccc4occcc3-4)ncnc2cc1OCC(CN1CCOCC1)OC(C)=O.Cl.Cl. The van der Waals surface area contributed by atoms with Gasteiger partial charge in [0.25, 0.3) is 0 Å². The van der Waals surface area contributed by atoms with Crippen molar-refractivity contribution in [3.8, 4) is 22.8 Å². The number of esters is 1. The second-order valence-corrected chi connectivity index (χ2v) is 8.46. The summed E-state index contributed by atoms with van der Waals surface area (Å²) >= 11 is 0. The molecule has 5 rings (SSSR count). The molecule has 2 aliphatic heterocycles. The van der Waals surface area contributed by atoms with E-state index in [1.807, 2.05) is 30.3 Å². The molecule has 38 heavy (non-hydrogen) atoms. The molecule has 0 spiro atoms. The molecule has 1 atom stereocenters. The number of carbonyl (C=O) groups excluding carboxylic acids is 1. The van der Waals surface area contributed by atoms with Crippen LogP contribution in [0.3, 0.4) is 0 Å². The maximum absolute atomic E-state index is 11.7. The Hall–Kier alpha value is -3.31. The van der Waals surface area contributed by atoms with Gasteiger partial charge in [-0.1, -0.05) is 0 Å². The van der Waals surface area contributed by atoms with Gasteiger partial charge in [0.05, 0.1) is 37.8 Å². The van der Waals surface area contributed by atoms with Crippen LogP contribution in [0.25, 0.3) is 22.2 Å². The summed E-state index contributed by atoms with van der Waals surface area (Å²) in [5, 5.41) is 4.15. The van der Waals surface area contributed by atoms with E-state index >= 15 is 0 Å². The maximum Gasteiger partial charge on any atom is 0.303 e. The molecule has 3 heterocycles. The first-order valence-electron chi connectivity index (χ1n) is 11.8. The molecule has 12 heteroatoms. The predicted octanol–water partition coefficient (Wildman–Crippen LogP) is 4.57. The Balaban J connectivity index is 0.00000200. The number of nitrogens with one attached hydrogen (secondary N) is 1. The fourth-order valence-electron chi connectivity index (χ4n) is 4.28. The van der Waals surface area contributed by atoms with Crippen LogP contribution in [0.2, 0.25) is 0 Å². The van der Waals surface area contributed by atoms with Crippen molar-refractivity contribution in [3.63, 3.8) is 0 Å². The molecule has 10 nitrogen and oxygen atoms in total. The standard InChI is InChI=1S/C26H28N4O6.2ClH/c1-17(31)36-18(14-30-7-10-33-11-8-30)15-35-25-13-22-20(12-24(25)32-2)26(28-16-27-22)29-21-5-6-23-19(21)4-3-9-34-23;;/h3-6,9,12-13,16,18H,7-8,10-11,14-15H2,1-2H3,(H,27,28,29);2*1H. The molecule has 1 saturated heterocycles. The normalized spacial score (nSPS) is 14.3. The number of rotatable bonds is 9. The van der Waals surface area contributed by atoms with E-state index in [4.69, 9.17) is 23.4 Å². The largest absolute Gasteiger partial charge is 0.493 e. The number of hydrogen-bond donors (Lipinski definition) is 1. The lowest BCUT2D eigenvalue weighted by atomic mass is 10.2. The Morgan fingerprint density at radius 2 is 1.95 bits per heavy atom. The predicted molar refractivity (Wildman–Crippen MR) is 148 cm³/mol. The lowest BCUT2D eigenvalue weighted by Gasteiger charge is -2.30. The molecule has 3 aliphatic rings. The van der Waals surface area contributed by atoms with E-state index in [2.05, 4.69) is 20.2 Å². The molecule has 1 aromatic carbocycles. The van der Waals surface area contributed by atoms with Crippen LogP contribution in [-0.2, 0) is 14.3 Å². The zero-order valence-corrected chi connectivity index (χ0v) is 22.7. The number of fused-ring (bicyclic) bond motifs is 2. The van der Waals surface area contributed by atoms with Gasteiger partial charge in [0.1, 0.15) is 30.6 Å². The number of ether oxygens (including phenoxy) is 4. The van der Waals surface area contributed by atoms with Gasteiger partial charge in [-0.3, -0.25) is 9.69 Å². The van der Waals surface area contributed by atoms with Gasteiger partial charge in [-0.25, -0.2) is 9.97 Å². The highest BCUT2D eigenvalue weighted by Crippen LogP contribution is 2.37. The Kier molecular flexibility index (Phi) is 10.4. The van der Waals surface area contributed by atoms with Crippen molar-refractivity contribution in [1.29, 1.82) is 0 Å². The summed E-state index contributed by atoms with van der Waals surface area (Å²) in [7, 11) is 1.58. The summed E-state index contributed by atoms with van der Waals surface area (Å²) in [6.07, 6.45) is 2.71. The van der Waals surface area contributed by atoms with Gasteiger partial charge in [0, 0.05) is 43.6 Å². The average Bonchev–Trinajstić information content (AvgIpc) is 3.30. The van der Waals surface area contributed by atoms with Crippen LogP contribution >= 0.6 is 24.8 Å². The molecular weight excluding hydrogens is 535 g/mol. The first-order chi connectivity index (χ1) is 17.6. The third-order valence-electron chi connectivity index (χ3n) is 5.99. The number of methoxy groups -OCH3 is 1. The minimum absolute atomic E-state index is 0. The van der Waals surface area contributed by atoms with Crippen molar-refractivity contribution >= 4 is 53.2 Å². The fraction of sp³-hybridized carbons (Fsp3) is 0.346. The molecule has 1 aliphatic carbocycles. The minimum Gasteiger partial charge on any atom is -0.493 e. The smallest absolute Gasteiger partial charge is 0.303 e. The summed E-state index contributed by atoms with van der Waals surface area (Å²) in [4.78, 5) is 22.7. The Bertz CT molecular complexity index is 1310. The number of nitrogens with zero attached hydrogens (tertiary/aromatic N) is 3. The van der Waals surface area contributed by atoms with Gasteiger partial charge in [-0.05, 0) is 30.3 Å². The molecule has 1 fully saturated rings. The number of halogens is 2. The number of benzene rings is 1. The van der Waals surface area contributed by atoms with Gasteiger partial charge >= 0.3 is 5.97 Å². The van der Waals surface area contributed by atoms with Gasteiger partial charge in [-0.2, -0.15) is 0 Å². The number of morpholine rings is 1. The van der Waals surface area contributed by atoms with Gasteiger partial charge in [0.15, 0.2) is 11.5 Å². The highest BCUT2D eigenvalue weighted by Gasteiger charge is 2.21. The average molecular weight is 565 g/mol. The van der Waals surface area contributed by atoms with Gasteiger partial charge < -0.3 is 28.7 Å². The Labute approximate surface area is 232 Å². The van der Waals surface area contributed by atoms with Gasteiger partial charge in [-0.15, -0.1) is 24.8 Å². The zero-order valence-electron chi connectivity index (χ0n) is 21.0. The van der Waals surface area contributed by atoms with Crippen LogP contribution in [0.5, 0.6) is 11.5 Å². The van der Waals surface area contributed by atoms with E-state index in [0.717, 1.165) is 35.5 Å². The Morgan fingerprint density at radius 3 is 2.71 bits per heavy atom. The summed E-state index contributed by atoms with van der Waals surface area (Å²) in [5.74, 6) is 2.10. The highest BCUT2D eigenvalue weighted by atomic mass is 35.5. The Morgan fingerprint density at radius 1 is 1.13 bits per heavy atom. The number of hydrogen-bond acceptors (Lipinski definition) is 10. The van der Waals surface area contributed by atoms with E-state index < -0.39 is 6.10 Å². The van der Waals surface area contributed by atoms with E-state index in [1.165, 1.54) is 13.3 Å². The van der Waals surface area contributed by atoms with E-state index in [9.17, 15) is 4.79 Å². The van der Waals surface area contributed by atoms with Crippen molar-refractivity contribution in [1.82, 2.24) is 14.9 Å². The van der Waals surface area contributed by atoms with Crippen molar-refractivity contribution < 1.29 is 28.2 Å². The third kappa shape index (κ3) is 6.76. The molecule has 1 N–H and O–H groups in total. The van der Waals surface area contributed by atoms with Crippen LogP contribution in [0, 0.1) is 0 Å². The fourth-order valence-corrected chi connectivity index (χ4v) is 4.28. The molecule has 1 unspecified atom stereocenters. The summed E-state index contributed by atoms with van der Waals surface area (Å²) < 4.78 is 28.2. The monoisotopic (exact) mass is 564 g/mol. The number of carbonyl (C=O) groups is 1. The van der Waals surface area contributed by atoms with E-state index in [-0.39, 0.29) is 37.4 Å². The molecule has 1 aromatic heterocycles. The minimum atomic E-state index is -0.431. The van der Waals surface area contributed by atoms with Crippen molar-refractivity contribution in [2.45, 2.75) is 13.0 Å². The molecule has 0 amide bonds. The van der Waals surface area contributed by atoms with Crippen LogP contribution in [0.15, 0.2) is 53.4 Å². The molecule has 2 aromatic rings. The first kappa shape index (κ1) is 29.2. The summed E-state index contributed by atoms with van der Waals surface area (Å²) in [6.45, 7) is 5.05. The second kappa shape index (κ2) is 13.5. The van der Waals surface area contributed by atoms with E-state index in [1.54, 1.807) is 19.4 Å². The highest BCUT2D eigenvalue weighted by molar-refractivity contribution is 5.94. The van der Waals surface area contributed by atoms with Crippen LogP contribution in [-0.4, -0.2) is 73.5 Å². The van der Waals surface area contributed by atoms with Crippen molar-refractivity contribution in [3.05, 3.63) is 49.0 Å². The molecule has 0 saturated carbocycles. The number of anilines is 2. The third-order valence-corrected chi connectivity index (χ3v) is 5.99. The zero-order chi connectivity index (χ0) is 24.9. The summed E-state index contributed by atoms with van der Waals surface area (Å²) in [6, 6.07) is 11.3. The lowest BCUT2D eigenvalue weighted by molar-refractivity contribution is -0.149.